The molecule has 0 unspecified atom stereocenters. The zero-order valence-electron chi connectivity index (χ0n) is 12.6. The Morgan fingerprint density at radius 1 is 1.39 bits per heavy atom. The molecule has 2 aromatic rings. The molecule has 1 fully saturated rings. The molecule has 1 N–H and O–H groups in total. The van der Waals surface area contributed by atoms with Crippen molar-refractivity contribution in [2.24, 2.45) is 0 Å². The number of β-amino-alcohol motifs (C(OH)–C–C–N with tert-alkyl or cyclic N) is 1. The largest absolute Gasteiger partial charge is 0.392 e. The fourth-order valence-electron chi connectivity index (χ4n) is 2.96. The van der Waals surface area contributed by atoms with Crippen LogP contribution in [0, 0.1) is 5.82 Å². The lowest BCUT2D eigenvalue weighted by atomic mass is 10.0. The van der Waals surface area contributed by atoms with Gasteiger partial charge in [0.05, 0.1) is 18.3 Å². The molecule has 124 valence electrons. The first-order valence-electron chi connectivity index (χ1n) is 7.40. The number of sulfonamides is 1. The molecular weight excluding hydrogens is 321 g/mol. The second kappa shape index (κ2) is 6.03. The maximum atomic E-state index is 13.5. The number of hydrogen-bond acceptors (Lipinski definition) is 4. The first-order chi connectivity index (χ1) is 10.9. The van der Waals surface area contributed by atoms with Crippen LogP contribution < -0.4 is 0 Å². The molecule has 1 aromatic heterocycles. The van der Waals surface area contributed by atoms with Crippen molar-refractivity contribution in [2.45, 2.75) is 37.1 Å². The summed E-state index contributed by atoms with van der Waals surface area (Å²) in [5, 5.41) is 14.0. The van der Waals surface area contributed by atoms with Gasteiger partial charge < -0.3 is 5.11 Å². The van der Waals surface area contributed by atoms with Crippen molar-refractivity contribution in [3.63, 3.8) is 0 Å². The van der Waals surface area contributed by atoms with Crippen LogP contribution in [0.25, 0.3) is 0 Å². The molecule has 1 aliphatic heterocycles. The van der Waals surface area contributed by atoms with Gasteiger partial charge in [-0.1, -0.05) is 12.1 Å². The molecule has 3 rings (SSSR count). The van der Waals surface area contributed by atoms with Gasteiger partial charge in [-0.3, -0.25) is 4.68 Å². The van der Waals surface area contributed by atoms with E-state index in [0.717, 1.165) is 0 Å². The summed E-state index contributed by atoms with van der Waals surface area (Å²) in [4.78, 5) is 0. The lowest BCUT2D eigenvalue weighted by molar-refractivity contribution is 0.188. The maximum Gasteiger partial charge on any atom is 0.260 e. The third kappa shape index (κ3) is 2.89. The van der Waals surface area contributed by atoms with E-state index < -0.39 is 28.0 Å². The van der Waals surface area contributed by atoms with E-state index in [-0.39, 0.29) is 18.0 Å². The van der Waals surface area contributed by atoms with Crippen molar-refractivity contribution < 1.29 is 17.9 Å². The van der Waals surface area contributed by atoms with E-state index in [9.17, 15) is 17.9 Å². The smallest absolute Gasteiger partial charge is 0.260 e. The topological polar surface area (TPSA) is 75.4 Å². The lowest BCUT2D eigenvalue weighted by Crippen LogP contribution is -2.33. The Morgan fingerprint density at radius 3 is 2.87 bits per heavy atom. The SMILES string of the molecule is CCn1nccc1S(=O)(=O)N1C[C@H](O)C[C@H]1c1cccc(F)c1. The summed E-state index contributed by atoms with van der Waals surface area (Å²) in [6.07, 6.45) is 0.888. The molecule has 0 radical (unpaired) electrons. The third-order valence-electron chi connectivity index (χ3n) is 4.02. The fraction of sp³-hybridized carbons (Fsp3) is 0.400. The Morgan fingerprint density at radius 2 is 2.17 bits per heavy atom. The van der Waals surface area contributed by atoms with Crippen molar-refractivity contribution in [3.8, 4) is 0 Å². The molecule has 23 heavy (non-hydrogen) atoms. The molecule has 1 saturated heterocycles. The summed E-state index contributed by atoms with van der Waals surface area (Å²) in [5.74, 6) is -0.431. The molecule has 0 aliphatic carbocycles. The van der Waals surface area contributed by atoms with E-state index in [4.69, 9.17) is 0 Å². The number of halogens is 1. The van der Waals surface area contributed by atoms with Crippen LogP contribution in [0.1, 0.15) is 24.9 Å². The van der Waals surface area contributed by atoms with E-state index in [0.29, 0.717) is 12.1 Å². The van der Waals surface area contributed by atoms with E-state index in [2.05, 4.69) is 5.10 Å². The third-order valence-corrected chi connectivity index (χ3v) is 5.91. The van der Waals surface area contributed by atoms with Gasteiger partial charge in [0, 0.05) is 13.1 Å². The van der Waals surface area contributed by atoms with Crippen LogP contribution in [0.4, 0.5) is 4.39 Å². The molecule has 8 heteroatoms. The summed E-state index contributed by atoms with van der Waals surface area (Å²) in [5.41, 5.74) is 0.535. The Hall–Kier alpha value is -1.77. The van der Waals surface area contributed by atoms with Gasteiger partial charge in [0.2, 0.25) is 0 Å². The Balaban J connectivity index is 2.02. The highest BCUT2D eigenvalue weighted by Crippen LogP contribution is 2.36. The average Bonchev–Trinajstić information content (AvgIpc) is 3.13. The number of benzene rings is 1. The van der Waals surface area contributed by atoms with Gasteiger partial charge in [-0.15, -0.1) is 0 Å². The fourth-order valence-corrected chi connectivity index (χ4v) is 4.79. The van der Waals surface area contributed by atoms with Crippen LogP contribution in [0.2, 0.25) is 0 Å². The van der Waals surface area contributed by atoms with Crippen molar-refractivity contribution in [3.05, 3.63) is 47.9 Å². The molecular formula is C15H18FN3O3S. The number of nitrogens with zero attached hydrogens (tertiary/aromatic N) is 3. The van der Waals surface area contributed by atoms with Crippen molar-refractivity contribution in [1.29, 1.82) is 0 Å². The number of hydrogen-bond donors (Lipinski definition) is 1. The minimum atomic E-state index is -3.83. The summed E-state index contributed by atoms with van der Waals surface area (Å²) in [6.45, 7) is 2.20. The van der Waals surface area contributed by atoms with Gasteiger partial charge in [0.25, 0.3) is 10.0 Å². The second-order valence-corrected chi connectivity index (χ2v) is 7.36. The van der Waals surface area contributed by atoms with Gasteiger partial charge >= 0.3 is 0 Å². The molecule has 6 nitrogen and oxygen atoms in total. The quantitative estimate of drug-likeness (QED) is 0.917. The molecule has 0 saturated carbocycles. The normalized spacial score (nSPS) is 22.6. The number of aliphatic hydroxyl groups is 1. The monoisotopic (exact) mass is 339 g/mol. The second-order valence-electron chi connectivity index (χ2n) is 5.52. The van der Waals surface area contributed by atoms with Gasteiger partial charge in [0.15, 0.2) is 5.03 Å². The van der Waals surface area contributed by atoms with Gasteiger partial charge in [-0.05, 0) is 37.1 Å². The van der Waals surface area contributed by atoms with Crippen LogP contribution in [-0.2, 0) is 16.6 Å². The Labute approximate surface area is 134 Å². The molecule has 0 spiro atoms. The highest BCUT2D eigenvalue weighted by Gasteiger charge is 2.41. The van der Waals surface area contributed by atoms with Crippen LogP contribution >= 0.6 is 0 Å². The minimum absolute atomic E-state index is 0.0155. The standard InChI is InChI=1S/C15H18FN3O3S/c1-2-18-15(6-7-17-18)23(21,22)19-10-13(20)9-14(19)11-4-3-5-12(16)8-11/h3-8,13-14,20H,2,9-10H2,1H3/t13-,14+/m1/s1. The summed E-state index contributed by atoms with van der Waals surface area (Å²) in [7, 11) is -3.83. The number of aliphatic hydroxyl groups excluding tert-OH is 1. The number of aromatic nitrogens is 2. The molecule has 2 heterocycles. The van der Waals surface area contributed by atoms with Crippen LogP contribution in [0.3, 0.4) is 0 Å². The van der Waals surface area contributed by atoms with Crippen LogP contribution in [0.5, 0.6) is 0 Å². The van der Waals surface area contributed by atoms with E-state index in [1.807, 2.05) is 0 Å². The zero-order chi connectivity index (χ0) is 16.6. The highest BCUT2D eigenvalue weighted by molar-refractivity contribution is 7.89. The number of rotatable bonds is 4. The van der Waals surface area contributed by atoms with E-state index >= 15 is 0 Å². The summed E-state index contributed by atoms with van der Waals surface area (Å²) in [6, 6.07) is 6.67. The van der Waals surface area contributed by atoms with Crippen LogP contribution in [-0.4, -0.2) is 40.3 Å². The van der Waals surface area contributed by atoms with E-state index in [1.54, 1.807) is 13.0 Å². The van der Waals surface area contributed by atoms with E-state index in [1.165, 1.54) is 39.4 Å². The van der Waals surface area contributed by atoms with Crippen molar-refractivity contribution in [1.82, 2.24) is 14.1 Å². The maximum absolute atomic E-state index is 13.5. The molecule has 1 aromatic carbocycles. The first-order valence-corrected chi connectivity index (χ1v) is 8.84. The average molecular weight is 339 g/mol. The molecule has 0 amide bonds. The van der Waals surface area contributed by atoms with Gasteiger partial charge in [-0.25, -0.2) is 12.8 Å². The van der Waals surface area contributed by atoms with Gasteiger partial charge in [-0.2, -0.15) is 9.40 Å². The van der Waals surface area contributed by atoms with Gasteiger partial charge in [0.1, 0.15) is 5.82 Å². The predicted molar refractivity (Wildman–Crippen MR) is 81.6 cm³/mol. The zero-order valence-corrected chi connectivity index (χ0v) is 13.4. The first kappa shape index (κ1) is 16.1. The Bertz CT molecular complexity index is 806. The molecule has 1 aliphatic rings. The molecule has 2 atom stereocenters. The lowest BCUT2D eigenvalue weighted by Gasteiger charge is -2.24. The summed E-state index contributed by atoms with van der Waals surface area (Å²) >= 11 is 0. The molecule has 0 bridgehead atoms. The Kier molecular flexibility index (Phi) is 4.22. The highest BCUT2D eigenvalue weighted by atomic mass is 32.2. The minimum Gasteiger partial charge on any atom is -0.392 e. The van der Waals surface area contributed by atoms with Crippen molar-refractivity contribution in [2.75, 3.05) is 6.54 Å². The number of aryl methyl sites for hydroxylation is 1. The summed E-state index contributed by atoms with van der Waals surface area (Å²) < 4.78 is 42.0. The predicted octanol–water partition coefficient (Wildman–Crippen LogP) is 1.54. The van der Waals surface area contributed by atoms with Crippen molar-refractivity contribution >= 4 is 10.0 Å². The van der Waals surface area contributed by atoms with Crippen LogP contribution in [0.15, 0.2) is 41.6 Å².